The number of aryl methyl sites for hydroxylation is 3. The van der Waals surface area contributed by atoms with Crippen molar-refractivity contribution in [2.24, 2.45) is 21.1 Å². The lowest BCUT2D eigenvalue weighted by Gasteiger charge is -1.79. The predicted octanol–water partition coefficient (Wildman–Crippen LogP) is 3.70. The Morgan fingerprint density at radius 3 is 1.55 bits per heavy atom. The minimum Gasteiger partial charge on any atom is -0.368 e. The van der Waals surface area contributed by atoms with E-state index in [-0.39, 0.29) is 0 Å². The molecule has 6 aromatic rings. The number of nitrogens with one attached hydrogen (secondary N) is 3. The topological polar surface area (TPSA) is 114 Å². The Bertz CT molecular complexity index is 823. The molecular weight excluding hydrogens is 416 g/mol. The standard InChI is InChI=1S/C5H7N.2C4H6N2.C4H5N.2C3H4N2/c1-6-4-2-3-5-6;1-6-3-2-5-4-6;1-6-4-2-3-5-6;1-2-4-5-3-1;1-2-5-3-4-1;1-2-4-5-3-1/h2-5H,1H3;2*2-4H,1H3;1-5H;2*1-3H,(H,4,5). The Morgan fingerprint density at radius 1 is 0.576 bits per heavy atom. The average Bonchev–Trinajstić information content (AvgIpc) is 3.63. The van der Waals surface area contributed by atoms with Crippen LogP contribution >= 0.6 is 0 Å². The summed E-state index contributed by atoms with van der Waals surface area (Å²) in [7, 11) is 5.83. The van der Waals surface area contributed by atoms with Gasteiger partial charge in [-0.15, -0.1) is 0 Å². The Kier molecular flexibility index (Phi) is 15.5. The van der Waals surface area contributed by atoms with Crippen molar-refractivity contribution in [3.8, 4) is 0 Å². The van der Waals surface area contributed by atoms with Crippen LogP contribution in [-0.4, -0.2) is 49.0 Å². The fraction of sp³-hybridized carbons (Fsp3) is 0.130. The summed E-state index contributed by atoms with van der Waals surface area (Å²) in [5.74, 6) is 0. The molecule has 6 heterocycles. The van der Waals surface area contributed by atoms with Gasteiger partial charge in [-0.1, -0.05) is 0 Å². The third-order valence-corrected chi connectivity index (χ3v) is 3.33. The zero-order valence-electron chi connectivity index (χ0n) is 19.2. The fourth-order valence-electron chi connectivity index (χ4n) is 1.80. The zero-order chi connectivity index (χ0) is 23.8. The van der Waals surface area contributed by atoms with Crippen LogP contribution in [0, 0.1) is 0 Å². The Hall–Kier alpha value is -4.60. The van der Waals surface area contributed by atoms with Crippen molar-refractivity contribution in [3.63, 3.8) is 0 Å². The van der Waals surface area contributed by atoms with E-state index < -0.39 is 0 Å². The van der Waals surface area contributed by atoms with Crippen LogP contribution in [0.15, 0.2) is 123 Å². The first-order chi connectivity index (χ1) is 16.2. The Morgan fingerprint density at radius 2 is 1.36 bits per heavy atom. The number of hydrogen-bond acceptors (Lipinski definition) is 4. The predicted molar refractivity (Wildman–Crippen MR) is 130 cm³/mol. The number of H-pyrrole nitrogens is 3. The second-order valence-corrected chi connectivity index (χ2v) is 6.17. The minimum absolute atomic E-state index is 1.62. The highest BCUT2D eigenvalue weighted by Crippen LogP contribution is 1.80. The maximum Gasteiger partial charge on any atom is 0.0943 e. The molecule has 0 aliphatic carbocycles. The number of nitrogens with zero attached hydrogens (tertiary/aromatic N) is 7. The van der Waals surface area contributed by atoms with Crippen LogP contribution in [0.3, 0.4) is 0 Å². The molecule has 0 spiro atoms. The molecule has 0 fully saturated rings. The van der Waals surface area contributed by atoms with Crippen molar-refractivity contribution in [3.05, 3.63) is 123 Å². The van der Waals surface area contributed by atoms with Gasteiger partial charge in [-0.05, 0) is 36.4 Å². The summed E-state index contributed by atoms with van der Waals surface area (Å²) in [6.45, 7) is 0. The van der Waals surface area contributed by atoms with Crippen LogP contribution in [0.25, 0.3) is 0 Å². The van der Waals surface area contributed by atoms with Crippen LogP contribution in [0.4, 0.5) is 0 Å². The summed E-state index contributed by atoms with van der Waals surface area (Å²) in [6, 6.07) is 11.6. The van der Waals surface area contributed by atoms with Crippen LogP contribution in [0.5, 0.6) is 0 Å². The molecule has 0 aliphatic rings. The van der Waals surface area contributed by atoms with Crippen molar-refractivity contribution in [2.45, 2.75) is 0 Å². The molecule has 0 amide bonds. The fourth-order valence-corrected chi connectivity index (χ4v) is 1.80. The first-order valence-electron chi connectivity index (χ1n) is 10.0. The number of aromatic nitrogens is 10. The number of imidazole rings is 2. The Labute approximate surface area is 194 Å². The third-order valence-electron chi connectivity index (χ3n) is 3.33. The lowest BCUT2D eigenvalue weighted by atomic mass is 10.7. The lowest BCUT2D eigenvalue weighted by molar-refractivity contribution is 0.768. The molecule has 10 heteroatoms. The Balaban J connectivity index is 0.000000198. The third kappa shape index (κ3) is 17.9. The van der Waals surface area contributed by atoms with E-state index in [0.29, 0.717) is 0 Å². The molecular formula is C23H32N10. The van der Waals surface area contributed by atoms with Gasteiger partial charge >= 0.3 is 0 Å². The van der Waals surface area contributed by atoms with Gasteiger partial charge in [0.15, 0.2) is 0 Å². The summed E-state index contributed by atoms with van der Waals surface area (Å²) in [5.41, 5.74) is 0. The van der Waals surface area contributed by atoms with Gasteiger partial charge in [-0.2, -0.15) is 10.2 Å². The second-order valence-electron chi connectivity index (χ2n) is 6.17. The summed E-state index contributed by atoms with van der Waals surface area (Å²) >= 11 is 0. The van der Waals surface area contributed by atoms with Gasteiger partial charge in [0.25, 0.3) is 0 Å². The van der Waals surface area contributed by atoms with E-state index in [4.69, 9.17) is 0 Å². The second kappa shape index (κ2) is 19.4. The summed E-state index contributed by atoms with van der Waals surface area (Å²) < 4.78 is 5.64. The van der Waals surface area contributed by atoms with Crippen molar-refractivity contribution in [1.29, 1.82) is 0 Å². The number of rotatable bonds is 0. The first kappa shape index (κ1) is 26.4. The van der Waals surface area contributed by atoms with Gasteiger partial charge in [-0.3, -0.25) is 9.78 Å². The molecule has 0 unspecified atom stereocenters. The molecule has 0 aliphatic heterocycles. The molecule has 0 bridgehead atoms. The van der Waals surface area contributed by atoms with E-state index in [1.165, 1.54) is 0 Å². The van der Waals surface area contributed by atoms with Crippen LogP contribution in [0.2, 0.25) is 0 Å². The molecule has 0 atom stereocenters. The molecule has 0 saturated heterocycles. The van der Waals surface area contributed by atoms with E-state index in [1.807, 2.05) is 104 Å². The summed E-state index contributed by atoms with van der Waals surface area (Å²) in [4.78, 5) is 13.1. The van der Waals surface area contributed by atoms with Gasteiger partial charge < -0.3 is 19.1 Å². The van der Waals surface area contributed by atoms with E-state index >= 15 is 0 Å². The van der Waals surface area contributed by atoms with Crippen molar-refractivity contribution in [2.75, 3.05) is 0 Å². The molecule has 6 rings (SSSR count). The molecule has 174 valence electrons. The lowest BCUT2D eigenvalue weighted by Crippen LogP contribution is -1.83. The zero-order valence-corrected chi connectivity index (χ0v) is 19.2. The van der Waals surface area contributed by atoms with Crippen LogP contribution in [0.1, 0.15) is 0 Å². The van der Waals surface area contributed by atoms with Crippen LogP contribution in [-0.2, 0) is 21.1 Å². The highest BCUT2D eigenvalue weighted by molar-refractivity contribution is 4.88. The van der Waals surface area contributed by atoms with E-state index in [0.717, 1.165) is 0 Å². The van der Waals surface area contributed by atoms with E-state index in [2.05, 4.69) is 35.2 Å². The minimum atomic E-state index is 1.62. The quantitative estimate of drug-likeness (QED) is 0.329. The highest BCUT2D eigenvalue weighted by atomic mass is 15.2. The maximum absolute atomic E-state index is 3.83. The molecule has 3 N–H and O–H groups in total. The molecule has 6 aromatic heterocycles. The highest BCUT2D eigenvalue weighted by Gasteiger charge is 1.70. The molecule has 0 saturated carbocycles. The average molecular weight is 449 g/mol. The van der Waals surface area contributed by atoms with Gasteiger partial charge in [0, 0.05) is 95.5 Å². The summed E-state index contributed by atoms with van der Waals surface area (Å²) in [6.07, 6.45) is 25.3. The molecule has 33 heavy (non-hydrogen) atoms. The van der Waals surface area contributed by atoms with Crippen molar-refractivity contribution < 1.29 is 0 Å². The maximum atomic E-state index is 3.83. The first-order valence-corrected chi connectivity index (χ1v) is 10.0. The summed E-state index contributed by atoms with van der Waals surface area (Å²) in [5, 5.41) is 10.0. The van der Waals surface area contributed by atoms with Gasteiger partial charge in [0.05, 0.1) is 12.7 Å². The van der Waals surface area contributed by atoms with Crippen LogP contribution < -0.4 is 0 Å². The SMILES string of the molecule is Cn1cccc1.Cn1cccn1.Cn1ccnc1.c1c[nH]cn1.c1cc[nH]c1.c1cn[nH]c1. The van der Waals surface area contributed by atoms with Gasteiger partial charge in [-0.25, -0.2) is 9.97 Å². The van der Waals surface area contributed by atoms with Crippen molar-refractivity contribution in [1.82, 2.24) is 49.0 Å². The van der Waals surface area contributed by atoms with Gasteiger partial charge in [0.1, 0.15) is 0 Å². The number of hydrogen-bond donors (Lipinski definition) is 3. The number of aromatic amines is 3. The van der Waals surface area contributed by atoms with E-state index in [1.54, 1.807) is 54.5 Å². The molecule has 10 nitrogen and oxygen atoms in total. The van der Waals surface area contributed by atoms with Gasteiger partial charge in [0.2, 0.25) is 0 Å². The molecule has 0 aromatic carbocycles. The van der Waals surface area contributed by atoms with Crippen molar-refractivity contribution >= 4 is 0 Å². The monoisotopic (exact) mass is 448 g/mol. The molecule has 0 radical (unpaired) electrons. The largest absolute Gasteiger partial charge is 0.368 e. The smallest absolute Gasteiger partial charge is 0.0943 e. The van der Waals surface area contributed by atoms with E-state index in [9.17, 15) is 0 Å². The normalized spacial score (nSPS) is 8.45.